The largest absolute Gasteiger partial charge is 1.00 e. The average molecular weight is 538 g/mol. The van der Waals surface area contributed by atoms with E-state index in [-0.39, 0.29) is 108 Å². The quantitative estimate of drug-likeness (QED) is 0.179. The van der Waals surface area contributed by atoms with Crippen molar-refractivity contribution in [3.8, 4) is 22.0 Å². The van der Waals surface area contributed by atoms with E-state index in [4.69, 9.17) is 0 Å². The van der Waals surface area contributed by atoms with Crippen molar-refractivity contribution in [1.82, 2.24) is 29.5 Å². The van der Waals surface area contributed by atoms with Gasteiger partial charge < -0.3 is 24.2 Å². The Kier molecular flexibility index (Phi) is 11.4. The molecule has 12 nitrogen and oxygen atoms in total. The third kappa shape index (κ3) is 8.03. The van der Waals surface area contributed by atoms with Gasteiger partial charge in [0.05, 0.1) is 25.4 Å². The summed E-state index contributed by atoms with van der Waals surface area (Å²) in [5.41, 5.74) is 2.36. The first-order valence-electron chi connectivity index (χ1n) is 8.70. The SMILES string of the molecule is Cn1cc(NC(=O)c2csc(-c3cnn(COP(=O)([O-])[O-])c3)n2)c(-c2ccccn2)n1.[K+].[K+]. The van der Waals surface area contributed by atoms with E-state index >= 15 is 0 Å². The van der Waals surface area contributed by atoms with Crippen LogP contribution in [0.2, 0.25) is 0 Å². The number of aryl methyl sites for hydroxylation is 1. The Balaban J connectivity index is 0.00000193. The van der Waals surface area contributed by atoms with Crippen molar-refractivity contribution in [3.63, 3.8) is 0 Å². The molecule has 4 aromatic heterocycles. The first kappa shape index (κ1) is 29.3. The first-order chi connectivity index (χ1) is 14.8. The molecule has 0 aliphatic heterocycles. The second-order valence-electron chi connectivity index (χ2n) is 6.25. The summed E-state index contributed by atoms with van der Waals surface area (Å²) in [4.78, 5) is 42.4. The standard InChI is InChI=1S/C17H16N7O5PS.2K/c1-23-8-13(15(22-23)12-4-2-3-5-18-12)20-16(25)14-9-31-17(21-14)11-6-19-24(7-11)10-29-30(26,27)28;;/h2-9H,10H2,1H3,(H,20,25)(H2,26,27,28);;/q;2*+1/p-2. The van der Waals surface area contributed by atoms with Gasteiger partial charge in [0.1, 0.15) is 23.1 Å². The number of rotatable bonds is 7. The number of hydrogen-bond acceptors (Lipinski definition) is 10. The van der Waals surface area contributed by atoms with Crippen LogP contribution in [0.25, 0.3) is 22.0 Å². The van der Waals surface area contributed by atoms with Crippen molar-refractivity contribution < 1.29 is 126 Å². The van der Waals surface area contributed by atoms with E-state index in [2.05, 4.69) is 30.0 Å². The minimum absolute atomic E-state index is 0. The average Bonchev–Trinajstić information content (AvgIpc) is 3.46. The molecule has 4 aromatic rings. The number of nitrogens with one attached hydrogen (secondary N) is 1. The van der Waals surface area contributed by atoms with Crippen LogP contribution in [0.4, 0.5) is 5.69 Å². The Morgan fingerprint density at radius 2 is 2.06 bits per heavy atom. The van der Waals surface area contributed by atoms with E-state index in [1.807, 2.05) is 6.07 Å². The molecular formula is C17H14K2N7O5PS. The smallest absolute Gasteiger partial charge is 0.790 e. The molecule has 0 saturated carbocycles. The van der Waals surface area contributed by atoms with Crippen molar-refractivity contribution in [2.45, 2.75) is 6.73 Å². The van der Waals surface area contributed by atoms with Crippen LogP contribution in [0, 0.1) is 0 Å². The van der Waals surface area contributed by atoms with Crippen molar-refractivity contribution >= 4 is 30.8 Å². The Bertz CT molecular complexity index is 1270. The maximum Gasteiger partial charge on any atom is 1.00 e. The number of nitrogens with zero attached hydrogens (tertiary/aromatic N) is 6. The minimum Gasteiger partial charge on any atom is -0.790 e. The number of amides is 1. The van der Waals surface area contributed by atoms with Crippen molar-refractivity contribution in [2.75, 3.05) is 5.32 Å². The number of aromatic nitrogens is 6. The van der Waals surface area contributed by atoms with Crippen LogP contribution in [0.3, 0.4) is 0 Å². The Hall–Kier alpha value is 0.0527. The summed E-state index contributed by atoms with van der Waals surface area (Å²) in [5.74, 6) is -0.429. The first-order valence-corrected chi connectivity index (χ1v) is 11.0. The third-order valence-corrected chi connectivity index (χ3v) is 5.27. The van der Waals surface area contributed by atoms with Crippen LogP contribution in [0.1, 0.15) is 10.5 Å². The molecule has 4 rings (SSSR count). The molecule has 160 valence electrons. The molecule has 0 aliphatic carbocycles. The molecule has 16 heteroatoms. The van der Waals surface area contributed by atoms with Crippen LogP contribution in [0.5, 0.6) is 0 Å². The third-order valence-electron chi connectivity index (χ3n) is 3.95. The normalized spacial score (nSPS) is 10.9. The van der Waals surface area contributed by atoms with Gasteiger partial charge in [0.2, 0.25) is 0 Å². The van der Waals surface area contributed by atoms with E-state index in [1.54, 1.807) is 41.6 Å². The van der Waals surface area contributed by atoms with E-state index in [1.165, 1.54) is 23.7 Å². The topological polar surface area (TPSA) is 163 Å². The van der Waals surface area contributed by atoms with E-state index < -0.39 is 20.5 Å². The van der Waals surface area contributed by atoms with Gasteiger partial charge in [-0.05, 0) is 12.1 Å². The molecular weight excluding hydrogens is 523 g/mol. The fraction of sp³-hybridized carbons (Fsp3) is 0.118. The number of phosphoric acid groups is 1. The molecule has 1 amide bonds. The minimum atomic E-state index is -5.10. The molecule has 33 heavy (non-hydrogen) atoms. The number of carbonyl (C=O) groups is 1. The van der Waals surface area contributed by atoms with E-state index in [0.29, 0.717) is 27.6 Å². The number of hydrogen-bond donors (Lipinski definition) is 1. The van der Waals surface area contributed by atoms with Gasteiger partial charge in [-0.25, -0.2) is 9.67 Å². The van der Waals surface area contributed by atoms with Crippen LogP contribution >= 0.6 is 19.2 Å². The Morgan fingerprint density at radius 3 is 2.76 bits per heavy atom. The molecule has 0 fully saturated rings. The molecule has 0 aromatic carbocycles. The zero-order valence-corrected chi connectivity index (χ0v) is 25.9. The maximum atomic E-state index is 12.7. The monoisotopic (exact) mass is 537 g/mol. The maximum absolute atomic E-state index is 12.7. The van der Waals surface area contributed by atoms with Crippen LogP contribution < -0.4 is 118 Å². The predicted octanol–water partition coefficient (Wildman–Crippen LogP) is -5.13. The van der Waals surface area contributed by atoms with Gasteiger partial charge in [0, 0.05) is 36.6 Å². The van der Waals surface area contributed by atoms with Crippen LogP contribution in [0.15, 0.2) is 48.4 Å². The summed E-state index contributed by atoms with van der Waals surface area (Å²) >= 11 is 1.21. The summed E-state index contributed by atoms with van der Waals surface area (Å²) in [6.45, 7) is -0.541. The van der Waals surface area contributed by atoms with Gasteiger partial charge in [0.15, 0.2) is 0 Å². The van der Waals surface area contributed by atoms with Gasteiger partial charge in [-0.1, -0.05) is 6.07 Å². The fourth-order valence-electron chi connectivity index (χ4n) is 2.64. The van der Waals surface area contributed by atoms with Gasteiger partial charge in [0.25, 0.3) is 5.91 Å². The number of anilines is 1. The molecule has 0 spiro atoms. The van der Waals surface area contributed by atoms with Gasteiger partial charge >= 0.3 is 103 Å². The summed E-state index contributed by atoms with van der Waals surface area (Å²) in [5, 5.41) is 13.1. The number of pyridine rings is 1. The van der Waals surface area contributed by atoms with Crippen LogP contribution in [-0.4, -0.2) is 35.4 Å². The van der Waals surface area contributed by atoms with Crippen molar-refractivity contribution in [2.24, 2.45) is 7.05 Å². The number of carbonyl (C=O) groups excluding carboxylic acids is 1. The zero-order valence-electron chi connectivity index (χ0n) is 17.9. The van der Waals surface area contributed by atoms with Crippen molar-refractivity contribution in [3.05, 3.63) is 54.1 Å². The second-order valence-corrected chi connectivity index (χ2v) is 8.26. The van der Waals surface area contributed by atoms with Gasteiger partial charge in [-0.2, -0.15) is 10.2 Å². The molecule has 0 radical (unpaired) electrons. The van der Waals surface area contributed by atoms with Gasteiger partial charge in [-0.3, -0.25) is 14.5 Å². The predicted molar refractivity (Wildman–Crippen MR) is 106 cm³/mol. The molecule has 0 bridgehead atoms. The van der Waals surface area contributed by atoms with Gasteiger partial charge in [-0.15, -0.1) is 11.3 Å². The van der Waals surface area contributed by atoms with E-state index in [0.717, 1.165) is 4.68 Å². The van der Waals surface area contributed by atoms with Crippen molar-refractivity contribution in [1.29, 1.82) is 0 Å². The summed E-state index contributed by atoms with van der Waals surface area (Å²) in [7, 11) is -3.36. The zero-order chi connectivity index (χ0) is 22.0. The molecule has 0 unspecified atom stereocenters. The number of phosphoric ester groups is 1. The number of thiazole rings is 1. The Morgan fingerprint density at radius 1 is 1.27 bits per heavy atom. The molecule has 4 heterocycles. The summed E-state index contributed by atoms with van der Waals surface area (Å²) in [6, 6.07) is 5.40. The molecule has 0 aliphatic rings. The van der Waals surface area contributed by atoms with Crippen LogP contribution in [-0.2, 0) is 22.9 Å². The summed E-state index contributed by atoms with van der Waals surface area (Å²) in [6.07, 6.45) is 6.19. The summed E-state index contributed by atoms with van der Waals surface area (Å²) < 4.78 is 17.5. The molecule has 1 N–H and O–H groups in total. The fourth-order valence-corrected chi connectivity index (χ4v) is 3.68. The second kappa shape index (κ2) is 12.8. The van der Waals surface area contributed by atoms with E-state index in [9.17, 15) is 19.1 Å². The molecule has 0 saturated heterocycles. The Labute approximate surface area is 277 Å². The molecule has 0 atom stereocenters.